The van der Waals surface area contributed by atoms with Gasteiger partial charge in [0.05, 0.1) is 19.5 Å². The summed E-state index contributed by atoms with van der Waals surface area (Å²) in [7, 11) is 0. The van der Waals surface area contributed by atoms with E-state index in [0.29, 0.717) is 37.4 Å². The molecule has 1 aliphatic carbocycles. The van der Waals surface area contributed by atoms with E-state index in [1.165, 1.54) is 44.6 Å². The van der Waals surface area contributed by atoms with Gasteiger partial charge in [-0.05, 0) is 48.4 Å². The molecular weight excluding hydrogens is 412 g/mol. The maximum absolute atomic E-state index is 14.1. The van der Waals surface area contributed by atoms with Gasteiger partial charge in [-0.1, -0.05) is 38.7 Å². The Morgan fingerprint density at radius 2 is 1.68 bits per heavy atom. The van der Waals surface area contributed by atoms with Gasteiger partial charge in [-0.2, -0.15) is 0 Å². The molecule has 0 atom stereocenters. The highest BCUT2D eigenvalue weighted by Gasteiger charge is 2.31. The van der Waals surface area contributed by atoms with E-state index < -0.39 is 30.1 Å². The summed E-state index contributed by atoms with van der Waals surface area (Å²) in [6, 6.07) is 2.12. The fourth-order valence-corrected chi connectivity index (χ4v) is 4.42. The molecule has 172 valence electrons. The van der Waals surface area contributed by atoms with Crippen LogP contribution in [0.4, 0.5) is 17.6 Å². The highest BCUT2D eigenvalue weighted by Crippen LogP contribution is 2.37. The van der Waals surface area contributed by atoms with Crippen LogP contribution >= 0.6 is 0 Å². The standard InChI is InChI=1S/C24H30F4O3/c1-2-3-16-4-7-18(8-5-16)19-14-30-23(31-15-19)9-6-17-12-20(25)24(21(26)13-17)29-11-10-22(27)28/h6,9-13,16,18-19,22-23H,2-5,7-8,14-15H2,1H3/b9-6+,11-10+. The molecule has 1 aliphatic heterocycles. The first-order chi connectivity index (χ1) is 15.0. The molecule has 2 aliphatic rings. The number of hydrogen-bond acceptors (Lipinski definition) is 3. The zero-order valence-corrected chi connectivity index (χ0v) is 17.7. The zero-order valence-electron chi connectivity index (χ0n) is 17.7. The molecule has 31 heavy (non-hydrogen) atoms. The third-order valence-electron chi connectivity index (χ3n) is 6.08. The summed E-state index contributed by atoms with van der Waals surface area (Å²) in [6.45, 7) is 3.47. The van der Waals surface area contributed by atoms with Crippen molar-refractivity contribution in [2.24, 2.45) is 17.8 Å². The van der Waals surface area contributed by atoms with Crippen LogP contribution in [-0.2, 0) is 9.47 Å². The van der Waals surface area contributed by atoms with Crippen LogP contribution in [0.5, 0.6) is 5.75 Å². The fourth-order valence-electron chi connectivity index (χ4n) is 4.42. The highest BCUT2D eigenvalue weighted by atomic mass is 19.3. The molecule has 1 heterocycles. The minimum atomic E-state index is -2.76. The lowest BCUT2D eigenvalue weighted by Crippen LogP contribution is -2.36. The Bertz CT molecular complexity index is 726. The van der Waals surface area contributed by atoms with E-state index in [9.17, 15) is 17.6 Å². The molecule has 0 aromatic heterocycles. The van der Waals surface area contributed by atoms with Gasteiger partial charge >= 0.3 is 0 Å². The van der Waals surface area contributed by atoms with Gasteiger partial charge in [0.2, 0.25) is 0 Å². The number of halogens is 4. The van der Waals surface area contributed by atoms with E-state index in [1.54, 1.807) is 6.08 Å². The Morgan fingerprint density at radius 3 is 2.26 bits per heavy atom. The lowest BCUT2D eigenvalue weighted by Gasteiger charge is -2.37. The Morgan fingerprint density at radius 1 is 1.03 bits per heavy atom. The van der Waals surface area contributed by atoms with Crippen LogP contribution in [0.1, 0.15) is 51.0 Å². The summed E-state index contributed by atoms with van der Waals surface area (Å²) in [5.41, 5.74) is 0.253. The van der Waals surface area contributed by atoms with Crippen LogP contribution < -0.4 is 4.74 Å². The van der Waals surface area contributed by atoms with Crippen molar-refractivity contribution in [3.05, 3.63) is 47.7 Å². The summed E-state index contributed by atoms with van der Waals surface area (Å²) in [5, 5.41) is 0. The predicted molar refractivity (Wildman–Crippen MR) is 111 cm³/mol. The summed E-state index contributed by atoms with van der Waals surface area (Å²) in [6.07, 6.45) is 8.34. The third kappa shape index (κ3) is 7.07. The normalized spacial score (nSPS) is 27.4. The second-order valence-corrected chi connectivity index (χ2v) is 8.32. The van der Waals surface area contributed by atoms with E-state index >= 15 is 0 Å². The van der Waals surface area contributed by atoms with Crippen LogP contribution in [0.15, 0.2) is 30.5 Å². The maximum atomic E-state index is 14.1. The van der Waals surface area contributed by atoms with Gasteiger partial charge in [-0.25, -0.2) is 17.6 Å². The molecule has 0 bridgehead atoms. The Hall–Kier alpha value is -1.86. The lowest BCUT2D eigenvalue weighted by molar-refractivity contribution is -0.185. The molecule has 1 aromatic carbocycles. The van der Waals surface area contributed by atoms with Gasteiger partial charge in [0.1, 0.15) is 0 Å². The summed E-state index contributed by atoms with van der Waals surface area (Å²) < 4.78 is 68.5. The highest BCUT2D eigenvalue weighted by molar-refractivity contribution is 5.52. The first-order valence-electron chi connectivity index (χ1n) is 11.0. The molecule has 3 rings (SSSR count). The predicted octanol–water partition coefficient (Wildman–Crippen LogP) is 6.73. The summed E-state index contributed by atoms with van der Waals surface area (Å²) >= 11 is 0. The van der Waals surface area contributed by atoms with Crippen molar-refractivity contribution in [3.63, 3.8) is 0 Å². The van der Waals surface area contributed by atoms with Crippen LogP contribution in [0.3, 0.4) is 0 Å². The Labute approximate surface area is 181 Å². The second-order valence-electron chi connectivity index (χ2n) is 8.32. The third-order valence-corrected chi connectivity index (χ3v) is 6.08. The maximum Gasteiger partial charge on any atom is 0.260 e. The van der Waals surface area contributed by atoms with E-state index in [4.69, 9.17) is 9.47 Å². The van der Waals surface area contributed by atoms with Crippen LogP contribution in [0.25, 0.3) is 6.08 Å². The van der Waals surface area contributed by atoms with Gasteiger partial charge < -0.3 is 14.2 Å². The number of alkyl halides is 2. The van der Waals surface area contributed by atoms with Crippen molar-refractivity contribution in [2.75, 3.05) is 13.2 Å². The monoisotopic (exact) mass is 442 g/mol. The molecule has 0 unspecified atom stereocenters. The molecule has 1 saturated carbocycles. The molecule has 0 radical (unpaired) electrons. The molecular formula is C24H30F4O3. The zero-order chi connectivity index (χ0) is 22.2. The molecule has 0 N–H and O–H groups in total. The van der Waals surface area contributed by atoms with E-state index in [0.717, 1.165) is 18.1 Å². The van der Waals surface area contributed by atoms with Gasteiger partial charge in [0.25, 0.3) is 6.43 Å². The van der Waals surface area contributed by atoms with Crippen molar-refractivity contribution in [2.45, 2.75) is 58.2 Å². The number of hydrogen-bond donors (Lipinski definition) is 0. The number of ether oxygens (including phenoxy) is 3. The minimum absolute atomic E-state index is 0.253. The average molecular weight is 442 g/mol. The van der Waals surface area contributed by atoms with Crippen molar-refractivity contribution in [1.29, 1.82) is 0 Å². The topological polar surface area (TPSA) is 27.7 Å². The molecule has 0 spiro atoms. The average Bonchev–Trinajstić information content (AvgIpc) is 2.75. The molecule has 7 heteroatoms. The van der Waals surface area contributed by atoms with Crippen LogP contribution in [-0.4, -0.2) is 25.9 Å². The van der Waals surface area contributed by atoms with Crippen molar-refractivity contribution >= 4 is 6.08 Å². The Kier molecular flexibility index (Phi) is 8.96. The molecule has 0 amide bonds. The molecule has 2 fully saturated rings. The fraction of sp³-hybridized carbons (Fsp3) is 0.583. The number of benzene rings is 1. The van der Waals surface area contributed by atoms with Crippen LogP contribution in [0, 0.1) is 29.4 Å². The van der Waals surface area contributed by atoms with E-state index in [1.807, 2.05) is 0 Å². The molecule has 1 saturated heterocycles. The van der Waals surface area contributed by atoms with Crippen molar-refractivity contribution in [3.8, 4) is 5.75 Å². The van der Waals surface area contributed by atoms with Gasteiger partial charge in [-0.3, -0.25) is 0 Å². The quantitative estimate of drug-likeness (QED) is 0.330. The van der Waals surface area contributed by atoms with Crippen LogP contribution in [0.2, 0.25) is 0 Å². The molecule has 3 nitrogen and oxygen atoms in total. The number of allylic oxidation sites excluding steroid dienone is 1. The number of rotatable bonds is 8. The largest absolute Gasteiger partial charge is 0.459 e. The van der Waals surface area contributed by atoms with Crippen molar-refractivity contribution in [1.82, 2.24) is 0 Å². The Balaban J connectivity index is 1.48. The first-order valence-corrected chi connectivity index (χ1v) is 11.0. The van der Waals surface area contributed by atoms with Gasteiger partial charge in [0, 0.05) is 12.0 Å². The molecule has 1 aromatic rings. The smallest absolute Gasteiger partial charge is 0.260 e. The van der Waals surface area contributed by atoms with E-state index in [2.05, 4.69) is 11.7 Å². The van der Waals surface area contributed by atoms with Gasteiger partial charge in [0.15, 0.2) is 23.7 Å². The summed E-state index contributed by atoms with van der Waals surface area (Å²) in [5.74, 6) is -0.811. The minimum Gasteiger partial charge on any atom is -0.459 e. The van der Waals surface area contributed by atoms with Gasteiger partial charge in [-0.15, -0.1) is 0 Å². The van der Waals surface area contributed by atoms with Crippen molar-refractivity contribution < 1.29 is 31.8 Å². The first kappa shape index (κ1) is 23.8. The van der Waals surface area contributed by atoms with E-state index in [-0.39, 0.29) is 5.56 Å². The lowest BCUT2D eigenvalue weighted by atomic mass is 9.75. The second kappa shape index (κ2) is 11.7. The SMILES string of the molecule is CCCC1CCC(C2COC(/C=C/c3cc(F)c(O/C=C/C(F)F)c(F)c3)OC2)CC1. The summed E-state index contributed by atoms with van der Waals surface area (Å²) in [4.78, 5) is 0.